The molecule has 230 valence electrons. The van der Waals surface area contributed by atoms with E-state index in [0.717, 1.165) is 42.6 Å². The number of rotatable bonds is 10. The lowest BCUT2D eigenvalue weighted by molar-refractivity contribution is -0.127. The topological polar surface area (TPSA) is 115 Å². The molecule has 12 heteroatoms. The van der Waals surface area contributed by atoms with Gasteiger partial charge < -0.3 is 19.5 Å². The summed E-state index contributed by atoms with van der Waals surface area (Å²) in [5, 5.41) is 6.69. The van der Waals surface area contributed by atoms with Crippen LogP contribution < -0.4 is 29.5 Å². The van der Waals surface area contributed by atoms with Crippen molar-refractivity contribution in [3.63, 3.8) is 0 Å². The molecule has 3 aromatic carbocycles. The molecule has 10 nitrogen and oxygen atoms in total. The largest absolute Gasteiger partial charge is 0.454 e. The van der Waals surface area contributed by atoms with Gasteiger partial charge in [0.25, 0.3) is 5.91 Å². The van der Waals surface area contributed by atoms with Gasteiger partial charge >= 0.3 is 10.0 Å². The number of halogens is 1. The van der Waals surface area contributed by atoms with Crippen molar-refractivity contribution >= 4 is 34.0 Å². The maximum atomic E-state index is 14.1. The summed E-state index contributed by atoms with van der Waals surface area (Å²) in [7, 11) is -3.83. The number of ether oxygens (including phenoxy) is 3. The van der Waals surface area contributed by atoms with Gasteiger partial charge in [0.2, 0.25) is 6.79 Å². The van der Waals surface area contributed by atoms with Crippen molar-refractivity contribution in [3.8, 4) is 11.5 Å². The summed E-state index contributed by atoms with van der Waals surface area (Å²) in [6.07, 6.45) is 2.79. The first-order valence-corrected chi connectivity index (χ1v) is 16.1. The van der Waals surface area contributed by atoms with Gasteiger partial charge in [0.1, 0.15) is 12.6 Å². The molecule has 2 atom stereocenters. The van der Waals surface area contributed by atoms with Crippen molar-refractivity contribution < 1.29 is 27.4 Å². The summed E-state index contributed by atoms with van der Waals surface area (Å²) >= 11 is 0. The molecule has 0 saturated carbocycles. The fourth-order valence-corrected chi connectivity index (χ4v) is 7.54. The van der Waals surface area contributed by atoms with Crippen molar-refractivity contribution in [1.82, 2.24) is 20.1 Å². The highest BCUT2D eigenvalue weighted by Crippen LogP contribution is 2.50. The van der Waals surface area contributed by atoms with Crippen LogP contribution in [0.1, 0.15) is 29.5 Å². The molecule has 1 fully saturated rings. The van der Waals surface area contributed by atoms with E-state index in [1.807, 2.05) is 72.8 Å². The van der Waals surface area contributed by atoms with Gasteiger partial charge in [0, 0.05) is 18.2 Å². The Labute approximate surface area is 258 Å². The Bertz CT molecular complexity index is 1550. The van der Waals surface area contributed by atoms with E-state index in [2.05, 4.69) is 16.1 Å². The predicted molar refractivity (Wildman–Crippen MR) is 166 cm³/mol. The van der Waals surface area contributed by atoms with Gasteiger partial charge in [-0.05, 0) is 49.2 Å². The minimum absolute atomic E-state index is 0. The molecule has 6 rings (SSSR count). The van der Waals surface area contributed by atoms with E-state index in [1.54, 1.807) is 0 Å². The molecule has 0 aliphatic carbocycles. The first-order chi connectivity index (χ1) is 20.3. The summed E-state index contributed by atoms with van der Waals surface area (Å²) in [5.74, 6) is 0.881. The second-order valence-corrected chi connectivity index (χ2v) is 13.4. The molecule has 3 aliphatic rings. The Hall–Kier alpha value is -3.19. The quantitative estimate of drug-likeness (QED) is 0.293. The van der Waals surface area contributed by atoms with Crippen molar-refractivity contribution in [2.24, 2.45) is 0 Å². The molecule has 0 bridgehead atoms. The third-order valence-electron chi connectivity index (χ3n) is 8.51. The lowest BCUT2D eigenvalue weighted by atomic mass is 9.75. The minimum atomic E-state index is -3.83. The van der Waals surface area contributed by atoms with Crippen LogP contribution in [0.15, 0.2) is 72.8 Å². The highest BCUT2D eigenvalue weighted by molar-refractivity contribution is 7.90. The molecule has 3 aromatic rings. The second-order valence-electron chi connectivity index (χ2n) is 11.3. The lowest BCUT2D eigenvalue weighted by Gasteiger charge is -2.36. The van der Waals surface area contributed by atoms with E-state index in [4.69, 9.17) is 14.2 Å². The molecule has 43 heavy (non-hydrogen) atoms. The van der Waals surface area contributed by atoms with E-state index >= 15 is 0 Å². The maximum absolute atomic E-state index is 14.1. The van der Waals surface area contributed by atoms with E-state index in [0.29, 0.717) is 30.3 Å². The monoisotopic (exact) mass is 629 g/mol. The van der Waals surface area contributed by atoms with Crippen molar-refractivity contribution in [3.05, 3.63) is 89.5 Å². The number of hydrogen-bond donors (Lipinski definition) is 3. The number of benzene rings is 3. The van der Waals surface area contributed by atoms with Crippen LogP contribution in [0.4, 0.5) is 5.69 Å². The van der Waals surface area contributed by atoms with Gasteiger partial charge in [-0.3, -0.25) is 10.1 Å². The van der Waals surface area contributed by atoms with Crippen LogP contribution in [0.25, 0.3) is 0 Å². The smallest absolute Gasteiger partial charge is 0.321 e. The number of amides is 1. The van der Waals surface area contributed by atoms with Crippen LogP contribution in [-0.4, -0.2) is 59.7 Å². The molecule has 0 radical (unpaired) electrons. The van der Waals surface area contributed by atoms with Crippen molar-refractivity contribution in [2.45, 2.75) is 37.5 Å². The molecule has 1 saturated heterocycles. The number of piperidine rings is 1. The zero-order valence-corrected chi connectivity index (χ0v) is 25.7. The normalized spacial score (nSPS) is 20.7. The standard InChI is InChI=1S/C31H36N4O6S.ClH/c1-42(37,38)35(21-31(13-15-32-16-14-31)25-9-5-6-10-27(25)35)34-30(36)26(20-39-19-23-7-3-2-4-8-23)33-18-24-11-12-28-29(17-24)41-22-40-28;/h2-12,17,26,32-33H,13-16,18-22H2,1H3;1H/p+1. The van der Waals surface area contributed by atoms with Gasteiger partial charge in [-0.1, -0.05) is 58.6 Å². The third-order valence-corrected chi connectivity index (χ3v) is 10.1. The number of hydrogen-bond acceptors (Lipinski definition) is 8. The van der Waals surface area contributed by atoms with E-state index in [-0.39, 0.29) is 37.8 Å². The fraction of sp³-hybridized carbons (Fsp3) is 0.387. The van der Waals surface area contributed by atoms with E-state index in [1.165, 1.54) is 6.26 Å². The number of carbonyl (C=O) groups is 1. The number of quaternary nitrogens is 1. The molecule has 3 heterocycles. The average Bonchev–Trinajstić information content (AvgIpc) is 3.57. The zero-order chi connectivity index (χ0) is 29.2. The summed E-state index contributed by atoms with van der Waals surface area (Å²) in [6.45, 7) is 2.72. The van der Waals surface area contributed by atoms with Crippen LogP contribution in [0.2, 0.25) is 0 Å². The van der Waals surface area contributed by atoms with Crippen LogP contribution in [0.5, 0.6) is 11.5 Å². The Balaban J connectivity index is 0.00000368. The SMILES string of the molecule is CS(=O)(=O)[N+]1(NC(=O)C(COCc2ccccc2)NCc2ccc3c(c2)OCO3)CC2(CCNCC2)c2ccccc21.Cl. The van der Waals surface area contributed by atoms with Gasteiger partial charge in [0.15, 0.2) is 17.2 Å². The number of para-hydroxylation sites is 1. The molecule has 1 spiro atoms. The Kier molecular flexibility index (Phi) is 9.31. The molecule has 3 aliphatic heterocycles. The highest BCUT2D eigenvalue weighted by atomic mass is 35.5. The van der Waals surface area contributed by atoms with E-state index in [9.17, 15) is 13.2 Å². The van der Waals surface area contributed by atoms with Gasteiger partial charge in [-0.2, -0.15) is 13.8 Å². The van der Waals surface area contributed by atoms with E-state index < -0.39 is 26.0 Å². The number of fused-ring (bicyclic) bond motifs is 3. The van der Waals surface area contributed by atoms with Crippen LogP contribution in [0, 0.1) is 0 Å². The Morgan fingerprint density at radius 3 is 2.49 bits per heavy atom. The number of sulfonamides is 1. The summed E-state index contributed by atoms with van der Waals surface area (Å²) < 4.78 is 43.6. The Morgan fingerprint density at radius 2 is 1.72 bits per heavy atom. The first-order valence-electron chi connectivity index (χ1n) is 14.2. The van der Waals surface area contributed by atoms with Gasteiger partial charge in [-0.25, -0.2) is 0 Å². The summed E-state index contributed by atoms with van der Waals surface area (Å²) in [5.41, 5.74) is 6.11. The molecular formula is C31H38ClN4O6S+. The average molecular weight is 630 g/mol. The summed E-state index contributed by atoms with van der Waals surface area (Å²) in [6, 6.07) is 22.1. The highest BCUT2D eigenvalue weighted by Gasteiger charge is 2.60. The third kappa shape index (κ3) is 6.24. The minimum Gasteiger partial charge on any atom is -0.454 e. The predicted octanol–water partition coefficient (Wildman–Crippen LogP) is 3.15. The number of carbonyl (C=O) groups excluding carboxylic acids is 1. The molecule has 2 unspecified atom stereocenters. The van der Waals surface area contributed by atoms with Gasteiger partial charge in [0.05, 0.1) is 24.9 Å². The van der Waals surface area contributed by atoms with Crippen molar-refractivity contribution in [1.29, 1.82) is 0 Å². The number of nitrogens with one attached hydrogen (secondary N) is 3. The molecule has 1 amide bonds. The maximum Gasteiger partial charge on any atom is 0.321 e. The van der Waals surface area contributed by atoms with Gasteiger partial charge in [-0.15, -0.1) is 12.4 Å². The lowest BCUT2D eigenvalue weighted by Crippen LogP contribution is -2.68. The van der Waals surface area contributed by atoms with Crippen LogP contribution in [-0.2, 0) is 38.1 Å². The first kappa shape index (κ1) is 31.2. The van der Waals surface area contributed by atoms with Crippen LogP contribution >= 0.6 is 12.4 Å². The second kappa shape index (κ2) is 12.8. The number of nitrogens with zero attached hydrogens (tertiary/aromatic N) is 1. The Morgan fingerprint density at radius 1 is 1.00 bits per heavy atom. The summed E-state index contributed by atoms with van der Waals surface area (Å²) in [4.78, 5) is 14.1. The molecular weight excluding hydrogens is 592 g/mol. The van der Waals surface area contributed by atoms with Crippen molar-refractivity contribution in [2.75, 3.05) is 39.3 Å². The fourth-order valence-electron chi connectivity index (χ4n) is 6.29. The molecule has 3 N–H and O–H groups in total. The molecule has 0 aromatic heterocycles. The zero-order valence-electron chi connectivity index (χ0n) is 24.1. The van der Waals surface area contributed by atoms with Crippen LogP contribution in [0.3, 0.4) is 0 Å².